The van der Waals surface area contributed by atoms with Gasteiger partial charge in [0.05, 0.1) is 18.7 Å². The van der Waals surface area contributed by atoms with E-state index in [1.54, 1.807) is 18.1 Å². The highest BCUT2D eigenvalue weighted by Gasteiger charge is 2.28. The molecule has 6 heteroatoms. The molecule has 134 valence electrons. The van der Waals surface area contributed by atoms with E-state index < -0.39 is 0 Å². The first-order valence-corrected chi connectivity index (χ1v) is 8.85. The third-order valence-electron chi connectivity index (χ3n) is 4.90. The highest BCUT2D eigenvalue weighted by Crippen LogP contribution is 2.26. The van der Waals surface area contributed by atoms with Crippen LogP contribution >= 0.6 is 0 Å². The van der Waals surface area contributed by atoms with Gasteiger partial charge in [-0.25, -0.2) is 4.79 Å². The van der Waals surface area contributed by atoms with Crippen molar-refractivity contribution in [2.45, 2.75) is 38.0 Å². The van der Waals surface area contributed by atoms with Crippen LogP contribution in [0, 0.1) is 5.92 Å². The molecule has 2 aromatic rings. The van der Waals surface area contributed by atoms with Crippen molar-refractivity contribution in [2.24, 2.45) is 5.92 Å². The summed E-state index contributed by atoms with van der Waals surface area (Å²) in [5.41, 5.74) is 1.04. The minimum atomic E-state index is -0.288. The fourth-order valence-corrected chi connectivity index (χ4v) is 3.44. The predicted octanol–water partition coefficient (Wildman–Crippen LogP) is 2.43. The molecule has 1 aliphatic carbocycles. The number of amides is 2. The van der Waals surface area contributed by atoms with Crippen molar-refractivity contribution in [2.75, 3.05) is 13.6 Å². The summed E-state index contributed by atoms with van der Waals surface area (Å²) in [6, 6.07) is 11.5. The Morgan fingerprint density at radius 3 is 2.80 bits per heavy atom. The van der Waals surface area contributed by atoms with Crippen LogP contribution in [-0.2, 0) is 6.54 Å². The van der Waals surface area contributed by atoms with Crippen molar-refractivity contribution in [1.82, 2.24) is 20.0 Å². The highest BCUT2D eigenvalue weighted by atomic mass is 16.3. The molecule has 1 fully saturated rings. The summed E-state index contributed by atoms with van der Waals surface area (Å²) in [5, 5.41) is 17.3. The number of hydrogen-bond donors (Lipinski definition) is 2. The first kappa shape index (κ1) is 17.5. The van der Waals surface area contributed by atoms with Gasteiger partial charge in [-0.05, 0) is 24.5 Å². The smallest absolute Gasteiger partial charge is 0.317 e. The van der Waals surface area contributed by atoms with Crippen molar-refractivity contribution in [3.63, 3.8) is 0 Å². The number of nitrogens with one attached hydrogen (secondary N) is 1. The summed E-state index contributed by atoms with van der Waals surface area (Å²) in [7, 11) is 1.79. The fourth-order valence-electron chi connectivity index (χ4n) is 3.44. The molecule has 1 aliphatic rings. The Bertz CT molecular complexity index is 659. The molecule has 0 radical (unpaired) electrons. The number of rotatable bonds is 6. The molecule has 1 heterocycles. The van der Waals surface area contributed by atoms with Gasteiger partial charge in [0.1, 0.15) is 0 Å². The van der Waals surface area contributed by atoms with E-state index in [2.05, 4.69) is 10.4 Å². The summed E-state index contributed by atoms with van der Waals surface area (Å²) < 4.78 is 1.82. The van der Waals surface area contributed by atoms with E-state index in [4.69, 9.17) is 0 Å². The van der Waals surface area contributed by atoms with Crippen LogP contribution in [0.5, 0.6) is 0 Å². The zero-order valence-corrected chi connectivity index (χ0v) is 14.6. The molecule has 6 nitrogen and oxygen atoms in total. The number of benzene rings is 1. The normalized spacial score (nSPS) is 21.0. The molecule has 3 rings (SSSR count). The van der Waals surface area contributed by atoms with Crippen molar-refractivity contribution in [1.29, 1.82) is 0 Å². The van der Waals surface area contributed by atoms with Crippen molar-refractivity contribution in [3.05, 3.63) is 54.4 Å². The number of hydrogen-bond acceptors (Lipinski definition) is 3. The molecule has 0 saturated heterocycles. The Morgan fingerprint density at radius 2 is 2.16 bits per heavy atom. The monoisotopic (exact) mass is 342 g/mol. The van der Waals surface area contributed by atoms with Gasteiger partial charge >= 0.3 is 6.03 Å². The second-order valence-electron chi connectivity index (χ2n) is 6.78. The molecule has 1 aromatic heterocycles. The van der Waals surface area contributed by atoms with Crippen LogP contribution in [0.4, 0.5) is 4.79 Å². The molecular weight excluding hydrogens is 316 g/mol. The zero-order valence-electron chi connectivity index (χ0n) is 14.6. The zero-order chi connectivity index (χ0) is 17.6. The average Bonchev–Trinajstić information content (AvgIpc) is 3.27. The molecule has 0 bridgehead atoms. The van der Waals surface area contributed by atoms with Crippen LogP contribution in [0.3, 0.4) is 0 Å². The summed E-state index contributed by atoms with van der Waals surface area (Å²) in [4.78, 5) is 14.3. The Morgan fingerprint density at radius 1 is 1.36 bits per heavy atom. The quantitative estimate of drug-likeness (QED) is 0.847. The summed E-state index contributed by atoms with van der Waals surface area (Å²) in [6.45, 7) is 1.15. The number of aromatic nitrogens is 2. The Kier molecular flexibility index (Phi) is 5.71. The molecule has 0 unspecified atom stereocenters. The maximum absolute atomic E-state index is 12.7. The summed E-state index contributed by atoms with van der Waals surface area (Å²) in [5.74, 6) is 0.178. The lowest BCUT2D eigenvalue weighted by atomic mass is 10.1. The van der Waals surface area contributed by atoms with Crippen molar-refractivity contribution < 1.29 is 9.90 Å². The van der Waals surface area contributed by atoms with Gasteiger partial charge in [0.2, 0.25) is 0 Å². The maximum Gasteiger partial charge on any atom is 0.317 e. The van der Waals surface area contributed by atoms with E-state index in [9.17, 15) is 9.90 Å². The van der Waals surface area contributed by atoms with E-state index in [1.165, 1.54) is 0 Å². The van der Waals surface area contributed by atoms with Gasteiger partial charge in [0, 0.05) is 31.9 Å². The van der Waals surface area contributed by atoms with Gasteiger partial charge in [-0.1, -0.05) is 36.8 Å². The Labute approximate surface area is 148 Å². The molecule has 0 spiro atoms. The predicted molar refractivity (Wildman–Crippen MR) is 95.9 cm³/mol. The number of aliphatic hydroxyl groups is 1. The van der Waals surface area contributed by atoms with E-state index in [0.29, 0.717) is 13.1 Å². The van der Waals surface area contributed by atoms with Gasteiger partial charge in [-0.3, -0.25) is 4.68 Å². The molecule has 2 amide bonds. The molecule has 25 heavy (non-hydrogen) atoms. The number of carbonyl (C=O) groups is 1. The third kappa shape index (κ3) is 4.60. The topological polar surface area (TPSA) is 70.4 Å². The lowest BCUT2D eigenvalue weighted by molar-refractivity contribution is 0.113. The minimum Gasteiger partial charge on any atom is -0.393 e. The summed E-state index contributed by atoms with van der Waals surface area (Å²) in [6.07, 6.45) is 6.19. The number of urea groups is 1. The van der Waals surface area contributed by atoms with E-state index in [0.717, 1.165) is 24.8 Å². The molecule has 3 atom stereocenters. The van der Waals surface area contributed by atoms with Crippen LogP contribution in [0.15, 0.2) is 48.8 Å². The molecular formula is C19H26N4O2. The van der Waals surface area contributed by atoms with Gasteiger partial charge in [0.25, 0.3) is 0 Å². The molecule has 0 aliphatic heterocycles. The second kappa shape index (κ2) is 8.16. The Balaban J connectivity index is 1.65. The third-order valence-corrected chi connectivity index (χ3v) is 4.90. The van der Waals surface area contributed by atoms with E-state index in [-0.39, 0.29) is 24.1 Å². The van der Waals surface area contributed by atoms with Gasteiger partial charge in [-0.2, -0.15) is 5.10 Å². The van der Waals surface area contributed by atoms with Gasteiger partial charge < -0.3 is 15.3 Å². The SMILES string of the molecule is CN(C[C@@H]1CCC[C@@H]1O)C(=O)N[C@@H](Cn1cccn1)c1ccccc1. The van der Waals surface area contributed by atoms with Crippen LogP contribution in [0.2, 0.25) is 0 Å². The van der Waals surface area contributed by atoms with Gasteiger partial charge in [0.15, 0.2) is 0 Å². The van der Waals surface area contributed by atoms with Gasteiger partial charge in [-0.15, -0.1) is 0 Å². The standard InChI is InChI=1S/C19H26N4O2/c1-22(13-16-9-5-10-18(16)24)19(25)21-17(14-23-12-6-11-20-23)15-7-3-2-4-8-15/h2-4,6-8,11-12,16-18,24H,5,9-10,13-14H2,1H3,(H,21,25)/t16-,17-,18-/m0/s1. The second-order valence-corrected chi connectivity index (χ2v) is 6.78. The minimum absolute atomic E-state index is 0.125. The fraction of sp³-hybridized carbons (Fsp3) is 0.474. The number of nitrogens with zero attached hydrogens (tertiary/aromatic N) is 3. The number of aliphatic hydroxyl groups excluding tert-OH is 1. The lowest BCUT2D eigenvalue weighted by Crippen LogP contribution is -2.43. The van der Waals surface area contributed by atoms with Crippen molar-refractivity contribution in [3.8, 4) is 0 Å². The van der Waals surface area contributed by atoms with Crippen LogP contribution in [0.25, 0.3) is 0 Å². The largest absolute Gasteiger partial charge is 0.393 e. The van der Waals surface area contributed by atoms with E-state index in [1.807, 2.05) is 47.3 Å². The molecule has 2 N–H and O–H groups in total. The first-order chi connectivity index (χ1) is 12.1. The Hall–Kier alpha value is -2.34. The molecule has 1 saturated carbocycles. The first-order valence-electron chi connectivity index (χ1n) is 8.85. The maximum atomic E-state index is 12.7. The average molecular weight is 342 g/mol. The van der Waals surface area contributed by atoms with E-state index >= 15 is 0 Å². The lowest BCUT2D eigenvalue weighted by Gasteiger charge is -2.27. The molecule has 1 aromatic carbocycles. The van der Waals surface area contributed by atoms with Crippen LogP contribution in [0.1, 0.15) is 30.9 Å². The number of carbonyl (C=O) groups excluding carboxylic acids is 1. The van der Waals surface area contributed by atoms with Crippen molar-refractivity contribution >= 4 is 6.03 Å². The highest BCUT2D eigenvalue weighted by molar-refractivity contribution is 5.74. The van der Waals surface area contributed by atoms with Crippen LogP contribution < -0.4 is 5.32 Å². The summed E-state index contributed by atoms with van der Waals surface area (Å²) >= 11 is 0. The van der Waals surface area contributed by atoms with Crippen LogP contribution in [-0.4, -0.2) is 45.5 Å².